The van der Waals surface area contributed by atoms with Crippen molar-refractivity contribution < 1.29 is 4.39 Å². The summed E-state index contributed by atoms with van der Waals surface area (Å²) in [5.41, 5.74) is 7.05. The van der Waals surface area contributed by atoms with E-state index in [4.69, 9.17) is 5.73 Å². The fourth-order valence-electron chi connectivity index (χ4n) is 2.81. The van der Waals surface area contributed by atoms with Gasteiger partial charge in [-0.1, -0.05) is 20.8 Å². The Hall–Kier alpha value is -1.10. The summed E-state index contributed by atoms with van der Waals surface area (Å²) in [5, 5.41) is 4.41. The van der Waals surface area contributed by atoms with Crippen LogP contribution in [0.25, 0.3) is 0 Å². The van der Waals surface area contributed by atoms with Crippen LogP contribution in [0.2, 0.25) is 0 Å². The molecule has 2 rings (SSSR count). The Morgan fingerprint density at radius 2 is 2.21 bits per heavy atom. The van der Waals surface area contributed by atoms with Crippen LogP contribution in [0.4, 0.5) is 10.2 Å². The number of aromatic nitrogens is 2. The van der Waals surface area contributed by atoms with E-state index in [0.717, 1.165) is 26.1 Å². The molecule has 0 spiro atoms. The van der Waals surface area contributed by atoms with Crippen LogP contribution < -0.4 is 5.73 Å². The van der Waals surface area contributed by atoms with Gasteiger partial charge in [-0.05, 0) is 18.9 Å². The summed E-state index contributed by atoms with van der Waals surface area (Å²) >= 11 is 0. The first kappa shape index (κ1) is 14.3. The van der Waals surface area contributed by atoms with Gasteiger partial charge in [0.05, 0.1) is 0 Å². The molecular weight excluding hydrogens is 243 g/mol. The Morgan fingerprint density at radius 3 is 2.84 bits per heavy atom. The molecule has 0 aliphatic carbocycles. The zero-order valence-electron chi connectivity index (χ0n) is 12.2. The van der Waals surface area contributed by atoms with Crippen molar-refractivity contribution in [1.29, 1.82) is 0 Å². The number of anilines is 1. The third kappa shape index (κ3) is 3.47. The SMILES string of the molecule is CC(C)(C)c1cc(N)nn1C[C@@H]1CCN(CCF)C1. The summed E-state index contributed by atoms with van der Waals surface area (Å²) in [6, 6.07) is 1.97. The van der Waals surface area contributed by atoms with Crippen LogP contribution in [0.1, 0.15) is 32.9 Å². The number of nitrogens with two attached hydrogens (primary N) is 1. The van der Waals surface area contributed by atoms with Crippen molar-refractivity contribution in [3.63, 3.8) is 0 Å². The highest BCUT2D eigenvalue weighted by atomic mass is 19.1. The Kier molecular flexibility index (Phi) is 4.13. The molecular formula is C14H25FN4. The van der Waals surface area contributed by atoms with Crippen molar-refractivity contribution in [2.24, 2.45) is 5.92 Å². The predicted octanol–water partition coefficient (Wildman–Crippen LogP) is 2.05. The van der Waals surface area contributed by atoms with Crippen molar-refractivity contribution in [3.05, 3.63) is 11.8 Å². The number of rotatable bonds is 4. The van der Waals surface area contributed by atoms with Gasteiger partial charge in [0, 0.05) is 36.8 Å². The van der Waals surface area contributed by atoms with E-state index in [-0.39, 0.29) is 12.1 Å². The molecule has 0 aromatic carbocycles. The van der Waals surface area contributed by atoms with Gasteiger partial charge in [-0.25, -0.2) is 4.39 Å². The molecule has 108 valence electrons. The second-order valence-electron chi connectivity index (χ2n) is 6.53. The summed E-state index contributed by atoms with van der Waals surface area (Å²) in [5.74, 6) is 1.13. The molecule has 1 fully saturated rings. The molecule has 4 nitrogen and oxygen atoms in total. The van der Waals surface area contributed by atoms with E-state index in [1.54, 1.807) is 0 Å². The lowest BCUT2D eigenvalue weighted by molar-refractivity contribution is 0.280. The van der Waals surface area contributed by atoms with Gasteiger partial charge in [-0.2, -0.15) is 5.10 Å². The quantitative estimate of drug-likeness (QED) is 0.909. The van der Waals surface area contributed by atoms with E-state index >= 15 is 0 Å². The lowest BCUT2D eigenvalue weighted by Crippen LogP contribution is -2.26. The van der Waals surface area contributed by atoms with Crippen molar-refractivity contribution >= 4 is 5.82 Å². The van der Waals surface area contributed by atoms with Crippen LogP contribution in [0.5, 0.6) is 0 Å². The molecule has 19 heavy (non-hydrogen) atoms. The molecule has 1 aliphatic heterocycles. The van der Waals surface area contributed by atoms with Crippen molar-refractivity contribution in [2.75, 3.05) is 32.0 Å². The third-order valence-corrected chi connectivity index (χ3v) is 3.77. The molecule has 0 saturated carbocycles. The largest absolute Gasteiger partial charge is 0.382 e. The topological polar surface area (TPSA) is 47.1 Å². The third-order valence-electron chi connectivity index (χ3n) is 3.77. The Balaban J connectivity index is 2.04. The maximum atomic E-state index is 12.3. The molecule has 5 heteroatoms. The second-order valence-corrected chi connectivity index (χ2v) is 6.53. The Bertz CT molecular complexity index is 422. The standard InChI is InChI=1S/C14H25FN4/c1-14(2,3)12-8-13(16)17-19(12)10-11-4-6-18(9-11)7-5-15/h8,11H,4-7,9-10H2,1-3H3,(H2,16,17)/t11-/m1/s1. The highest BCUT2D eigenvalue weighted by molar-refractivity contribution is 5.32. The van der Waals surface area contributed by atoms with E-state index in [2.05, 4.69) is 30.8 Å². The van der Waals surface area contributed by atoms with Gasteiger partial charge >= 0.3 is 0 Å². The van der Waals surface area contributed by atoms with Crippen LogP contribution in [0, 0.1) is 5.92 Å². The number of hydrogen-bond donors (Lipinski definition) is 1. The van der Waals surface area contributed by atoms with E-state index in [0.29, 0.717) is 18.3 Å². The van der Waals surface area contributed by atoms with Gasteiger partial charge in [-0.15, -0.1) is 0 Å². The number of alkyl halides is 1. The minimum atomic E-state index is -0.255. The maximum Gasteiger partial charge on any atom is 0.145 e. The van der Waals surface area contributed by atoms with Gasteiger partial charge in [-0.3, -0.25) is 4.68 Å². The van der Waals surface area contributed by atoms with Crippen molar-refractivity contribution in [1.82, 2.24) is 14.7 Å². The normalized spacial score (nSPS) is 21.2. The number of nitrogens with zero attached hydrogens (tertiary/aromatic N) is 3. The van der Waals surface area contributed by atoms with Crippen LogP contribution in [0.3, 0.4) is 0 Å². The number of hydrogen-bond acceptors (Lipinski definition) is 3. The van der Waals surface area contributed by atoms with E-state index in [9.17, 15) is 4.39 Å². The fraction of sp³-hybridized carbons (Fsp3) is 0.786. The molecule has 1 atom stereocenters. The molecule has 0 amide bonds. The van der Waals surface area contributed by atoms with Gasteiger partial charge in [0.25, 0.3) is 0 Å². The molecule has 1 saturated heterocycles. The summed E-state index contributed by atoms with van der Waals surface area (Å²) in [6.07, 6.45) is 1.11. The van der Waals surface area contributed by atoms with E-state index in [1.807, 2.05) is 10.7 Å². The fourth-order valence-corrected chi connectivity index (χ4v) is 2.81. The first-order chi connectivity index (χ1) is 8.90. The second kappa shape index (κ2) is 5.49. The Morgan fingerprint density at radius 1 is 1.47 bits per heavy atom. The predicted molar refractivity (Wildman–Crippen MR) is 75.9 cm³/mol. The van der Waals surface area contributed by atoms with Crippen LogP contribution >= 0.6 is 0 Å². The number of halogens is 1. The smallest absolute Gasteiger partial charge is 0.145 e. The summed E-state index contributed by atoms with van der Waals surface area (Å²) in [7, 11) is 0. The summed E-state index contributed by atoms with van der Waals surface area (Å²) in [4.78, 5) is 2.19. The highest BCUT2D eigenvalue weighted by Gasteiger charge is 2.26. The molecule has 0 radical (unpaired) electrons. The monoisotopic (exact) mass is 268 g/mol. The van der Waals surface area contributed by atoms with Gasteiger partial charge in [0.2, 0.25) is 0 Å². The van der Waals surface area contributed by atoms with E-state index < -0.39 is 0 Å². The molecule has 1 aliphatic rings. The zero-order valence-corrected chi connectivity index (χ0v) is 12.2. The lowest BCUT2D eigenvalue weighted by Gasteiger charge is -2.22. The Labute approximate surface area is 114 Å². The average molecular weight is 268 g/mol. The van der Waals surface area contributed by atoms with Crippen LogP contribution in [-0.2, 0) is 12.0 Å². The minimum absolute atomic E-state index is 0.0435. The molecule has 1 aromatic heterocycles. The maximum absolute atomic E-state index is 12.3. The van der Waals surface area contributed by atoms with E-state index in [1.165, 1.54) is 5.69 Å². The van der Waals surface area contributed by atoms with Crippen molar-refractivity contribution in [2.45, 2.75) is 39.2 Å². The first-order valence-electron chi connectivity index (χ1n) is 7.02. The molecule has 2 heterocycles. The highest BCUT2D eigenvalue weighted by Crippen LogP contribution is 2.26. The van der Waals surface area contributed by atoms with Gasteiger partial charge in [0.15, 0.2) is 0 Å². The molecule has 0 bridgehead atoms. The molecule has 0 unspecified atom stereocenters. The first-order valence-corrected chi connectivity index (χ1v) is 7.02. The minimum Gasteiger partial charge on any atom is -0.382 e. The lowest BCUT2D eigenvalue weighted by atomic mass is 9.92. The van der Waals surface area contributed by atoms with Crippen molar-refractivity contribution in [3.8, 4) is 0 Å². The number of likely N-dealkylation sites (tertiary alicyclic amines) is 1. The van der Waals surface area contributed by atoms with Gasteiger partial charge in [0.1, 0.15) is 12.5 Å². The summed E-state index contributed by atoms with van der Waals surface area (Å²) < 4.78 is 14.4. The van der Waals surface area contributed by atoms with Gasteiger partial charge < -0.3 is 10.6 Å². The zero-order chi connectivity index (χ0) is 14.0. The summed E-state index contributed by atoms with van der Waals surface area (Å²) in [6.45, 7) is 9.66. The van der Waals surface area contributed by atoms with Crippen LogP contribution in [-0.4, -0.2) is 41.0 Å². The number of nitrogen functional groups attached to an aromatic ring is 1. The van der Waals surface area contributed by atoms with Crippen LogP contribution in [0.15, 0.2) is 6.07 Å². The molecule has 2 N–H and O–H groups in total. The molecule has 1 aromatic rings. The average Bonchev–Trinajstić information content (AvgIpc) is 2.86.